The number of carboxylic acid groups (broad SMARTS) is 1. The number of nitrogens with one attached hydrogen (secondary N) is 8. The van der Waals surface area contributed by atoms with Crippen LogP contribution in [0.15, 0.2) is 35.3 Å². The highest BCUT2D eigenvalue weighted by Gasteiger charge is 2.39. The molecule has 10 atom stereocenters. The third kappa shape index (κ3) is 23.0. The quantitative estimate of drug-likeness (QED) is 0.0252. The first-order chi connectivity index (χ1) is 36.6. The van der Waals surface area contributed by atoms with Gasteiger partial charge in [0.2, 0.25) is 53.2 Å². The fourth-order valence-electron chi connectivity index (χ4n) is 8.87. The van der Waals surface area contributed by atoms with Crippen LogP contribution in [-0.4, -0.2) is 149 Å². The van der Waals surface area contributed by atoms with Crippen molar-refractivity contribution in [1.29, 1.82) is 0 Å². The first-order valence-electron chi connectivity index (χ1n) is 27.3. The van der Waals surface area contributed by atoms with Crippen molar-refractivity contribution in [1.82, 2.24) is 47.4 Å². The molecule has 24 nitrogen and oxygen atoms in total. The molecule has 0 saturated carbocycles. The number of likely N-dealkylation sites (tertiary alicyclic amines) is 1. The maximum atomic E-state index is 14.5. The summed E-state index contributed by atoms with van der Waals surface area (Å²) in [7, 11) is 0. The molecule has 0 bridgehead atoms. The van der Waals surface area contributed by atoms with Gasteiger partial charge >= 0.3 is 5.97 Å². The molecule has 0 aliphatic carbocycles. The third-order valence-electron chi connectivity index (χ3n) is 13.3. The van der Waals surface area contributed by atoms with Crippen molar-refractivity contribution >= 4 is 65.1 Å². The number of carbonyl (C=O) groups excluding carboxylic acids is 9. The zero-order valence-corrected chi connectivity index (χ0v) is 47.6. The SMILES string of the molecule is CC[C@H](C)[C@H](NC(=O)[C@@H]1CCCN1C(=O)CN)C(=O)N[C@@H](CCCN=C(N)N)C(=O)N[C@@H](Cc1ccccc1)C(=O)N[C@H](C(=O)N[C@@H](CC(C)C)C(=O)N[C@@H](C)C(=O)N[C@@H](CC(C)C)C(=O)N[C@@H](CC(C)C)C(=O)O)C(C)C. The van der Waals surface area contributed by atoms with Crippen LogP contribution in [0.4, 0.5) is 0 Å². The summed E-state index contributed by atoms with van der Waals surface area (Å²) in [5.41, 5.74) is 17.4. The molecule has 9 amide bonds. The number of hydrogen-bond donors (Lipinski definition) is 12. The Morgan fingerprint density at radius 1 is 0.615 bits per heavy atom. The highest BCUT2D eigenvalue weighted by molar-refractivity contribution is 5.98. The lowest BCUT2D eigenvalue weighted by Crippen LogP contribution is -2.61. The summed E-state index contributed by atoms with van der Waals surface area (Å²) in [5, 5.41) is 31.4. The summed E-state index contributed by atoms with van der Waals surface area (Å²) in [6.45, 7) is 19.5. The zero-order valence-electron chi connectivity index (χ0n) is 47.6. The molecule has 1 saturated heterocycles. The van der Waals surface area contributed by atoms with Crippen LogP contribution in [0, 0.1) is 29.6 Å². The summed E-state index contributed by atoms with van der Waals surface area (Å²) in [4.78, 5) is 142. The van der Waals surface area contributed by atoms with Gasteiger partial charge in [-0.3, -0.25) is 48.1 Å². The molecule has 1 fully saturated rings. The molecule has 0 spiro atoms. The van der Waals surface area contributed by atoms with E-state index < -0.39 is 125 Å². The predicted octanol–water partition coefficient (Wildman–Crippen LogP) is 0.0557. The number of nitrogens with zero attached hydrogens (tertiary/aromatic N) is 2. The number of benzene rings is 1. The van der Waals surface area contributed by atoms with Crippen molar-refractivity contribution in [2.45, 2.75) is 188 Å². The van der Waals surface area contributed by atoms with Crippen LogP contribution >= 0.6 is 0 Å². The maximum Gasteiger partial charge on any atom is 0.326 e. The maximum absolute atomic E-state index is 14.5. The molecule has 0 unspecified atom stereocenters. The third-order valence-corrected chi connectivity index (χ3v) is 13.3. The smallest absolute Gasteiger partial charge is 0.326 e. The van der Waals surface area contributed by atoms with Gasteiger partial charge in [0.25, 0.3) is 0 Å². The highest BCUT2D eigenvalue weighted by Crippen LogP contribution is 2.20. The van der Waals surface area contributed by atoms with E-state index in [1.807, 2.05) is 48.5 Å². The van der Waals surface area contributed by atoms with Gasteiger partial charge in [-0.15, -0.1) is 0 Å². The molecule has 2 rings (SSSR count). The van der Waals surface area contributed by atoms with Gasteiger partial charge in [-0.25, -0.2) is 4.79 Å². The number of carbonyl (C=O) groups is 10. The Kier molecular flexibility index (Phi) is 28.8. The van der Waals surface area contributed by atoms with E-state index in [2.05, 4.69) is 47.5 Å². The first-order valence-corrected chi connectivity index (χ1v) is 27.3. The number of carboxylic acids is 1. The highest BCUT2D eigenvalue weighted by atomic mass is 16.4. The van der Waals surface area contributed by atoms with Gasteiger partial charge in [0.05, 0.1) is 6.54 Å². The Morgan fingerprint density at radius 2 is 1.10 bits per heavy atom. The lowest BCUT2D eigenvalue weighted by molar-refractivity contribution is -0.143. The van der Waals surface area contributed by atoms with Gasteiger partial charge in [-0.05, 0) is 87.0 Å². The molecule has 15 N–H and O–H groups in total. The van der Waals surface area contributed by atoms with Gasteiger partial charge in [-0.2, -0.15) is 0 Å². The fraction of sp³-hybridized carbons (Fsp3) is 0.685. The minimum atomic E-state index is -1.33. The minimum Gasteiger partial charge on any atom is -0.480 e. The van der Waals surface area contributed by atoms with E-state index in [0.717, 1.165) is 0 Å². The van der Waals surface area contributed by atoms with Crippen LogP contribution < -0.4 is 59.7 Å². The zero-order chi connectivity index (χ0) is 59.0. The Morgan fingerprint density at radius 3 is 1.63 bits per heavy atom. The van der Waals surface area contributed by atoms with Gasteiger partial charge < -0.3 is 69.7 Å². The van der Waals surface area contributed by atoms with Gasteiger partial charge in [-0.1, -0.05) is 106 Å². The van der Waals surface area contributed by atoms with Gasteiger partial charge in [0, 0.05) is 19.5 Å². The molecule has 1 aromatic rings. The summed E-state index contributed by atoms with van der Waals surface area (Å²) < 4.78 is 0. The number of guanidine groups is 1. The summed E-state index contributed by atoms with van der Waals surface area (Å²) >= 11 is 0. The average Bonchev–Trinajstić information content (AvgIpc) is 3.87. The van der Waals surface area contributed by atoms with E-state index in [1.165, 1.54) is 11.8 Å². The van der Waals surface area contributed by atoms with E-state index in [0.29, 0.717) is 31.4 Å². The number of aliphatic carboxylic acids is 1. The molecular formula is C54H91N13O11. The normalized spacial score (nSPS) is 16.8. The fourth-order valence-corrected chi connectivity index (χ4v) is 8.87. The predicted molar refractivity (Wildman–Crippen MR) is 295 cm³/mol. The van der Waals surface area contributed by atoms with Gasteiger partial charge in [0.15, 0.2) is 5.96 Å². The molecule has 438 valence electrons. The number of aliphatic imine (C=N–C) groups is 1. The average molecular weight is 1100 g/mol. The summed E-state index contributed by atoms with van der Waals surface area (Å²) in [5.74, 6) is -8.67. The van der Waals surface area contributed by atoms with Crippen LogP contribution in [0.25, 0.3) is 0 Å². The molecule has 1 aliphatic heterocycles. The summed E-state index contributed by atoms with van der Waals surface area (Å²) in [6.07, 6.45) is 2.01. The molecule has 1 aliphatic rings. The van der Waals surface area contributed by atoms with Crippen molar-refractivity contribution in [3.63, 3.8) is 0 Å². The van der Waals surface area contributed by atoms with Crippen LogP contribution in [0.3, 0.4) is 0 Å². The van der Waals surface area contributed by atoms with Crippen molar-refractivity contribution in [3.8, 4) is 0 Å². The van der Waals surface area contributed by atoms with E-state index in [-0.39, 0.29) is 75.3 Å². The number of amides is 9. The molecule has 1 heterocycles. The first kappa shape index (κ1) is 67.3. The Balaban J connectivity index is 2.42. The second-order valence-corrected chi connectivity index (χ2v) is 22.0. The monoisotopic (exact) mass is 1100 g/mol. The summed E-state index contributed by atoms with van der Waals surface area (Å²) in [6, 6.07) is -1.78. The Labute approximate surface area is 459 Å². The van der Waals surface area contributed by atoms with E-state index in [1.54, 1.807) is 51.1 Å². The molecule has 0 radical (unpaired) electrons. The number of hydrogen-bond acceptors (Lipinski definition) is 12. The van der Waals surface area contributed by atoms with E-state index >= 15 is 0 Å². The standard InChI is InChI=1S/C54H91N13O11/c1-12-33(10)44(66-50(74)41-21-17-23-67(41)42(68)28-55)52(76)60-36(20-16-22-58-54(56)57)46(70)62-39(27-35-18-14-13-15-19-35)49(73)65-43(32(8)9)51(75)63-37(24-29(2)3)47(71)59-34(11)45(69)61-38(25-30(4)5)48(72)64-40(53(77)78)26-31(6)7/h13-15,18-19,29-34,36-41,43-44H,12,16-17,20-28,55H2,1-11H3,(H,59,71)(H,60,76)(H,61,69)(H,62,70)(H,63,75)(H,64,72)(H,65,73)(H,66,74)(H,77,78)(H4,56,57,58)/t33-,34-,36-,37-,38-,39-,40-,41-,43-,44-/m0/s1. The molecule has 1 aromatic carbocycles. The van der Waals surface area contributed by atoms with Crippen LogP contribution in [0.1, 0.15) is 133 Å². The van der Waals surface area contributed by atoms with Crippen LogP contribution in [0.2, 0.25) is 0 Å². The molecule has 24 heteroatoms. The molecule has 0 aromatic heterocycles. The number of rotatable bonds is 33. The van der Waals surface area contributed by atoms with Gasteiger partial charge in [0.1, 0.15) is 54.4 Å². The topological polar surface area (TPSA) is 381 Å². The van der Waals surface area contributed by atoms with Crippen LogP contribution in [0.5, 0.6) is 0 Å². The molecular weight excluding hydrogens is 1010 g/mol. The van der Waals surface area contributed by atoms with E-state index in [4.69, 9.17) is 17.2 Å². The molecule has 78 heavy (non-hydrogen) atoms. The largest absolute Gasteiger partial charge is 0.480 e. The van der Waals surface area contributed by atoms with Crippen molar-refractivity contribution in [2.75, 3.05) is 19.6 Å². The lowest BCUT2D eigenvalue weighted by Gasteiger charge is -2.30. The second kappa shape index (κ2) is 33.4. The van der Waals surface area contributed by atoms with Crippen LogP contribution in [-0.2, 0) is 54.4 Å². The van der Waals surface area contributed by atoms with E-state index in [9.17, 15) is 53.1 Å². The van der Waals surface area contributed by atoms with Crippen molar-refractivity contribution < 1.29 is 53.1 Å². The lowest BCUT2D eigenvalue weighted by atomic mass is 9.96. The Hall–Kier alpha value is -6.85. The number of nitrogens with two attached hydrogens (primary N) is 3. The van der Waals surface area contributed by atoms with Crippen molar-refractivity contribution in [2.24, 2.45) is 51.8 Å². The minimum absolute atomic E-state index is 0.00722. The second-order valence-electron chi connectivity index (χ2n) is 22.0. The Bertz CT molecular complexity index is 2210. The van der Waals surface area contributed by atoms with Crippen molar-refractivity contribution in [3.05, 3.63) is 35.9 Å².